The molecule has 0 unspecified atom stereocenters. The quantitative estimate of drug-likeness (QED) is 0.830. The number of benzene rings is 1. The minimum absolute atomic E-state index is 0. The number of carbonyl (C=O) groups excluding carboxylic acids is 1. The third-order valence-electron chi connectivity index (χ3n) is 3.10. The summed E-state index contributed by atoms with van der Waals surface area (Å²) in [5.74, 6) is -0.522. The van der Waals surface area contributed by atoms with E-state index in [0.717, 1.165) is 6.54 Å². The van der Waals surface area contributed by atoms with Crippen LogP contribution in [0.1, 0.15) is 24.3 Å². The highest BCUT2D eigenvalue weighted by molar-refractivity contribution is 5.93. The predicted molar refractivity (Wildman–Crippen MR) is 93.5 cm³/mol. The van der Waals surface area contributed by atoms with Crippen molar-refractivity contribution in [2.45, 2.75) is 19.9 Å². The first-order chi connectivity index (χ1) is 10.1. The number of hydrogen-bond acceptors (Lipinski definition) is 3. The molecule has 0 saturated carbocycles. The van der Waals surface area contributed by atoms with Crippen molar-refractivity contribution in [1.29, 1.82) is 0 Å². The Hall–Kier alpha value is -1.63. The first kappa shape index (κ1) is 21.4. The van der Waals surface area contributed by atoms with Gasteiger partial charge in [0.15, 0.2) is 0 Å². The molecule has 0 spiro atoms. The molecule has 0 aliphatic rings. The van der Waals surface area contributed by atoms with Crippen molar-refractivity contribution in [1.82, 2.24) is 20.2 Å². The summed E-state index contributed by atoms with van der Waals surface area (Å²) in [6, 6.07) is 6.11. The van der Waals surface area contributed by atoms with E-state index in [1.54, 1.807) is 16.7 Å². The lowest BCUT2D eigenvalue weighted by atomic mass is 10.3. The van der Waals surface area contributed by atoms with Gasteiger partial charge in [0, 0.05) is 18.3 Å². The summed E-state index contributed by atoms with van der Waals surface area (Å²) in [6.45, 7) is 5.40. The third kappa shape index (κ3) is 5.82. The topological polar surface area (TPSA) is 58.9 Å². The number of hydrogen-bond donors (Lipinski definition) is 2. The second-order valence-electron chi connectivity index (χ2n) is 4.79. The zero-order valence-corrected chi connectivity index (χ0v) is 14.6. The molecule has 0 fully saturated rings. The van der Waals surface area contributed by atoms with E-state index in [4.69, 9.17) is 0 Å². The minimum Gasteiger partial charge on any atom is -0.349 e. The standard InChI is InChI=1S/C15H19FN4O.2ClH/c1-3-18-11(2)8-19-15(21)14-9-17-10-20(14)13-6-4-12(16)5-7-13;;/h4-7,9-11,18H,3,8H2,1-2H3,(H,19,21);2*1H/t11-;;/m1../s1. The Labute approximate surface area is 147 Å². The molecule has 5 nitrogen and oxygen atoms in total. The van der Waals surface area contributed by atoms with E-state index in [-0.39, 0.29) is 42.6 Å². The number of nitrogens with zero attached hydrogens (tertiary/aromatic N) is 2. The molecule has 1 aromatic carbocycles. The summed E-state index contributed by atoms with van der Waals surface area (Å²) in [6.07, 6.45) is 3.03. The number of likely N-dealkylation sites (N-methyl/N-ethyl adjacent to an activating group) is 1. The molecule has 0 aliphatic carbocycles. The van der Waals surface area contributed by atoms with Gasteiger partial charge < -0.3 is 10.6 Å². The van der Waals surface area contributed by atoms with E-state index in [9.17, 15) is 9.18 Å². The normalized spacial score (nSPS) is 11.1. The molecule has 2 N–H and O–H groups in total. The van der Waals surface area contributed by atoms with Crippen LogP contribution in [0.15, 0.2) is 36.8 Å². The van der Waals surface area contributed by atoms with E-state index in [1.807, 2.05) is 13.8 Å². The Bertz CT molecular complexity index is 604. The van der Waals surface area contributed by atoms with Gasteiger partial charge in [0.2, 0.25) is 0 Å². The van der Waals surface area contributed by atoms with Crippen LogP contribution in [0.4, 0.5) is 4.39 Å². The highest BCUT2D eigenvalue weighted by Crippen LogP contribution is 2.12. The zero-order chi connectivity index (χ0) is 15.2. The fourth-order valence-corrected chi connectivity index (χ4v) is 2.03. The molecule has 128 valence electrons. The first-order valence-corrected chi connectivity index (χ1v) is 6.91. The second kappa shape index (κ2) is 10.2. The Morgan fingerprint density at radius 2 is 1.96 bits per heavy atom. The van der Waals surface area contributed by atoms with Gasteiger partial charge in [0.1, 0.15) is 11.5 Å². The van der Waals surface area contributed by atoms with E-state index < -0.39 is 0 Å². The van der Waals surface area contributed by atoms with Crippen LogP contribution >= 0.6 is 24.8 Å². The van der Waals surface area contributed by atoms with Crippen molar-refractivity contribution in [2.24, 2.45) is 0 Å². The second-order valence-corrected chi connectivity index (χ2v) is 4.79. The molecule has 0 saturated heterocycles. The van der Waals surface area contributed by atoms with E-state index >= 15 is 0 Å². The lowest BCUT2D eigenvalue weighted by molar-refractivity contribution is 0.0943. The average molecular weight is 363 g/mol. The molecule has 23 heavy (non-hydrogen) atoms. The van der Waals surface area contributed by atoms with Crippen LogP contribution in [0.5, 0.6) is 0 Å². The van der Waals surface area contributed by atoms with Gasteiger partial charge in [-0.2, -0.15) is 0 Å². The number of rotatable bonds is 6. The molecule has 8 heteroatoms. The van der Waals surface area contributed by atoms with Crippen LogP contribution in [0.3, 0.4) is 0 Å². The van der Waals surface area contributed by atoms with Gasteiger partial charge in [0.05, 0.1) is 12.5 Å². The Morgan fingerprint density at radius 3 is 2.57 bits per heavy atom. The van der Waals surface area contributed by atoms with Crippen molar-refractivity contribution in [3.8, 4) is 5.69 Å². The summed E-state index contributed by atoms with van der Waals surface area (Å²) in [5.41, 5.74) is 1.11. The number of imidazole rings is 1. The molecule has 1 aromatic heterocycles. The maximum Gasteiger partial charge on any atom is 0.269 e. The summed E-state index contributed by atoms with van der Waals surface area (Å²) in [4.78, 5) is 16.2. The third-order valence-corrected chi connectivity index (χ3v) is 3.10. The van der Waals surface area contributed by atoms with Crippen molar-refractivity contribution >= 4 is 30.7 Å². The van der Waals surface area contributed by atoms with Gasteiger partial charge >= 0.3 is 0 Å². The lowest BCUT2D eigenvalue weighted by Crippen LogP contribution is -2.39. The van der Waals surface area contributed by atoms with Crippen molar-refractivity contribution in [2.75, 3.05) is 13.1 Å². The molecule has 0 bridgehead atoms. The molecular weight excluding hydrogens is 342 g/mol. The van der Waals surface area contributed by atoms with E-state index in [1.165, 1.54) is 24.7 Å². The maximum absolute atomic E-state index is 13.0. The lowest BCUT2D eigenvalue weighted by Gasteiger charge is -2.14. The molecular formula is C15H21Cl2FN4O. The van der Waals surface area contributed by atoms with Crippen LogP contribution in [-0.2, 0) is 0 Å². The molecule has 1 amide bonds. The Morgan fingerprint density at radius 1 is 1.30 bits per heavy atom. The minimum atomic E-state index is -0.315. The molecule has 1 atom stereocenters. The van der Waals surface area contributed by atoms with Crippen LogP contribution in [0, 0.1) is 5.82 Å². The summed E-state index contributed by atoms with van der Waals surface area (Å²) >= 11 is 0. The number of aromatic nitrogens is 2. The fraction of sp³-hybridized carbons (Fsp3) is 0.333. The predicted octanol–water partition coefficient (Wildman–Crippen LogP) is 2.58. The number of nitrogens with one attached hydrogen (secondary N) is 2. The van der Waals surface area contributed by atoms with Crippen molar-refractivity contribution < 1.29 is 9.18 Å². The van der Waals surface area contributed by atoms with Gasteiger partial charge in [-0.3, -0.25) is 9.36 Å². The summed E-state index contributed by atoms with van der Waals surface area (Å²) in [5, 5.41) is 6.07. The SMILES string of the molecule is CCN[C@H](C)CNC(=O)c1cncn1-c1ccc(F)cc1.Cl.Cl. The molecule has 0 radical (unpaired) electrons. The van der Waals surface area contributed by atoms with Crippen molar-refractivity contribution in [3.63, 3.8) is 0 Å². The van der Waals surface area contributed by atoms with Crippen molar-refractivity contribution in [3.05, 3.63) is 48.3 Å². The van der Waals surface area contributed by atoms with Crippen LogP contribution in [-0.4, -0.2) is 34.6 Å². The highest BCUT2D eigenvalue weighted by atomic mass is 35.5. The highest BCUT2D eigenvalue weighted by Gasteiger charge is 2.13. The largest absolute Gasteiger partial charge is 0.349 e. The number of carbonyl (C=O) groups is 1. The van der Waals surface area contributed by atoms with Crippen LogP contribution < -0.4 is 10.6 Å². The van der Waals surface area contributed by atoms with Crippen LogP contribution in [0.25, 0.3) is 5.69 Å². The summed E-state index contributed by atoms with van der Waals surface area (Å²) < 4.78 is 14.6. The van der Waals surface area contributed by atoms with Crippen LogP contribution in [0.2, 0.25) is 0 Å². The molecule has 0 aliphatic heterocycles. The fourth-order valence-electron chi connectivity index (χ4n) is 2.03. The molecule has 1 heterocycles. The van der Waals surface area contributed by atoms with Gasteiger partial charge in [0.25, 0.3) is 5.91 Å². The Kier molecular flexibility index (Phi) is 9.48. The average Bonchev–Trinajstić information content (AvgIpc) is 2.95. The maximum atomic E-state index is 13.0. The monoisotopic (exact) mass is 362 g/mol. The van der Waals surface area contributed by atoms with E-state index in [2.05, 4.69) is 15.6 Å². The van der Waals surface area contributed by atoms with Gasteiger partial charge in [-0.1, -0.05) is 6.92 Å². The smallest absolute Gasteiger partial charge is 0.269 e. The molecule has 2 aromatic rings. The van der Waals surface area contributed by atoms with Gasteiger partial charge in [-0.15, -0.1) is 24.8 Å². The van der Waals surface area contributed by atoms with E-state index in [0.29, 0.717) is 17.9 Å². The van der Waals surface area contributed by atoms with Gasteiger partial charge in [-0.25, -0.2) is 9.37 Å². The van der Waals surface area contributed by atoms with Gasteiger partial charge in [-0.05, 0) is 37.7 Å². The molecule has 2 rings (SSSR count). The zero-order valence-electron chi connectivity index (χ0n) is 13.0. The number of amides is 1. The Balaban J connectivity index is 0.00000242. The first-order valence-electron chi connectivity index (χ1n) is 6.91. The summed E-state index contributed by atoms with van der Waals surface area (Å²) in [7, 11) is 0. The number of halogens is 3.